The lowest BCUT2D eigenvalue weighted by Gasteiger charge is -2.25. The number of benzene rings is 1. The molecule has 8 heteroatoms. The van der Waals surface area contributed by atoms with Gasteiger partial charge in [0.05, 0.1) is 11.6 Å². The van der Waals surface area contributed by atoms with Crippen molar-refractivity contribution in [2.45, 2.75) is 51.4 Å². The van der Waals surface area contributed by atoms with Crippen molar-refractivity contribution in [3.8, 4) is 5.75 Å². The lowest BCUT2D eigenvalue weighted by molar-refractivity contribution is -0.153. The number of nitrogens with two attached hydrogens (primary N) is 1. The van der Waals surface area contributed by atoms with Crippen LogP contribution in [0.25, 0.3) is 0 Å². The van der Waals surface area contributed by atoms with Crippen LogP contribution in [0.1, 0.15) is 45.2 Å². The number of hydrogen-bond donors (Lipinski definition) is 2. The molecule has 0 aliphatic rings. The molecule has 3 N–H and O–H groups in total. The molecule has 0 saturated carbocycles. The van der Waals surface area contributed by atoms with Gasteiger partial charge in [0, 0.05) is 0 Å². The number of alkyl halides is 3. The molecule has 0 bridgehead atoms. The molecule has 0 aliphatic carbocycles. The number of nitrogens with one attached hydrogen (secondary N) is 1. The Kier molecular flexibility index (Phi) is 8.57. The highest BCUT2D eigenvalue weighted by atomic mass is 35.5. The van der Waals surface area contributed by atoms with Crippen molar-refractivity contribution in [3.05, 3.63) is 29.8 Å². The molecule has 0 saturated heterocycles. The van der Waals surface area contributed by atoms with E-state index in [2.05, 4.69) is 10.1 Å². The topological polar surface area (TPSA) is 64.4 Å². The second kappa shape index (κ2) is 9.13. The van der Waals surface area contributed by atoms with Crippen LogP contribution in [0.5, 0.6) is 5.75 Å². The van der Waals surface area contributed by atoms with Gasteiger partial charge in [-0.25, -0.2) is 0 Å². The van der Waals surface area contributed by atoms with Gasteiger partial charge in [-0.3, -0.25) is 4.79 Å². The van der Waals surface area contributed by atoms with E-state index in [1.54, 1.807) is 26.0 Å². The van der Waals surface area contributed by atoms with Gasteiger partial charge in [-0.2, -0.15) is 13.2 Å². The van der Waals surface area contributed by atoms with Crippen molar-refractivity contribution >= 4 is 18.3 Å². The second-order valence-electron chi connectivity index (χ2n) is 5.84. The molecular formula is C16H24ClF3N2O2. The monoisotopic (exact) mass is 368 g/mol. The first-order chi connectivity index (χ1) is 10.5. The zero-order valence-corrected chi connectivity index (χ0v) is 14.8. The van der Waals surface area contributed by atoms with Crippen LogP contribution in [-0.2, 0) is 4.79 Å². The van der Waals surface area contributed by atoms with Gasteiger partial charge in [0.2, 0.25) is 5.91 Å². The zero-order valence-electron chi connectivity index (χ0n) is 13.9. The van der Waals surface area contributed by atoms with Crippen molar-refractivity contribution in [1.82, 2.24) is 5.32 Å². The molecule has 0 radical (unpaired) electrons. The Bertz CT molecular complexity index is 519. The largest absolute Gasteiger partial charge is 0.484 e. The van der Waals surface area contributed by atoms with Gasteiger partial charge in [-0.1, -0.05) is 25.5 Å². The van der Waals surface area contributed by atoms with Gasteiger partial charge >= 0.3 is 6.18 Å². The number of rotatable bonds is 7. The number of ether oxygens (including phenoxy) is 1. The van der Waals surface area contributed by atoms with Crippen LogP contribution in [0, 0.1) is 0 Å². The van der Waals surface area contributed by atoms with Crippen molar-refractivity contribution in [3.63, 3.8) is 0 Å². The zero-order chi connectivity index (χ0) is 17.7. The lowest BCUT2D eigenvalue weighted by Crippen LogP contribution is -2.52. The van der Waals surface area contributed by atoms with E-state index in [1.165, 1.54) is 12.1 Å². The molecule has 1 amide bonds. The summed E-state index contributed by atoms with van der Waals surface area (Å²) in [6, 6.07) is 5.81. The van der Waals surface area contributed by atoms with Crippen LogP contribution >= 0.6 is 12.4 Å². The quantitative estimate of drug-likeness (QED) is 0.770. The van der Waals surface area contributed by atoms with Crippen molar-refractivity contribution < 1.29 is 22.7 Å². The normalized spacial score (nSPS) is 15.0. The predicted molar refractivity (Wildman–Crippen MR) is 89.3 cm³/mol. The van der Waals surface area contributed by atoms with E-state index in [0.29, 0.717) is 6.42 Å². The van der Waals surface area contributed by atoms with Gasteiger partial charge in [-0.05, 0) is 38.0 Å². The highest BCUT2D eigenvalue weighted by molar-refractivity contribution is 5.86. The number of carbonyl (C=O) groups is 1. The number of hydrogen-bond acceptors (Lipinski definition) is 3. The van der Waals surface area contributed by atoms with E-state index in [0.717, 1.165) is 12.0 Å². The highest BCUT2D eigenvalue weighted by Crippen LogP contribution is 2.21. The molecule has 24 heavy (non-hydrogen) atoms. The van der Waals surface area contributed by atoms with Crippen LogP contribution in [0.3, 0.4) is 0 Å². The first kappa shape index (κ1) is 22.5. The molecule has 1 rings (SSSR count). The van der Waals surface area contributed by atoms with E-state index in [4.69, 9.17) is 5.73 Å². The van der Waals surface area contributed by atoms with Crippen molar-refractivity contribution in [1.29, 1.82) is 0 Å². The maximum atomic E-state index is 12.1. The fourth-order valence-corrected chi connectivity index (χ4v) is 2.10. The first-order valence-electron chi connectivity index (χ1n) is 7.44. The fraction of sp³-hybridized carbons (Fsp3) is 0.562. The van der Waals surface area contributed by atoms with Crippen LogP contribution in [0.4, 0.5) is 13.2 Å². The summed E-state index contributed by atoms with van der Waals surface area (Å²) < 4.78 is 40.9. The van der Waals surface area contributed by atoms with E-state index in [1.807, 2.05) is 6.92 Å². The predicted octanol–water partition coefficient (Wildman–Crippen LogP) is 3.74. The highest BCUT2D eigenvalue weighted by Gasteiger charge is 2.29. The third-order valence-electron chi connectivity index (χ3n) is 3.42. The molecule has 1 aromatic carbocycles. The SMILES string of the molecule is CCCC(C)(N)C(=O)NC(C)c1ccc(OCC(F)(F)F)cc1.Cl. The molecule has 0 aliphatic heterocycles. The van der Waals surface area contributed by atoms with Gasteiger partial charge in [-0.15, -0.1) is 12.4 Å². The molecule has 2 unspecified atom stereocenters. The molecule has 2 atom stereocenters. The van der Waals surface area contributed by atoms with Crippen molar-refractivity contribution in [2.75, 3.05) is 6.61 Å². The molecule has 0 heterocycles. The third kappa shape index (κ3) is 7.40. The summed E-state index contributed by atoms with van der Waals surface area (Å²) in [4.78, 5) is 12.1. The molecule has 4 nitrogen and oxygen atoms in total. The number of amides is 1. The average molecular weight is 369 g/mol. The fourth-order valence-electron chi connectivity index (χ4n) is 2.10. The van der Waals surface area contributed by atoms with Gasteiger partial charge in [0.15, 0.2) is 6.61 Å². The van der Waals surface area contributed by atoms with Gasteiger partial charge in [0.25, 0.3) is 0 Å². The van der Waals surface area contributed by atoms with Crippen LogP contribution in [0.15, 0.2) is 24.3 Å². The summed E-state index contributed by atoms with van der Waals surface area (Å²) in [7, 11) is 0. The minimum atomic E-state index is -4.37. The van der Waals surface area contributed by atoms with E-state index >= 15 is 0 Å². The Morgan fingerprint density at radius 1 is 1.29 bits per heavy atom. The summed E-state index contributed by atoms with van der Waals surface area (Å²) in [6.45, 7) is 4.07. The maximum absolute atomic E-state index is 12.1. The number of halogens is 4. The van der Waals surface area contributed by atoms with Gasteiger partial charge in [0.1, 0.15) is 5.75 Å². The second-order valence-corrected chi connectivity index (χ2v) is 5.84. The summed E-state index contributed by atoms with van der Waals surface area (Å²) in [5.41, 5.74) is 5.77. The Morgan fingerprint density at radius 2 is 1.83 bits per heavy atom. The van der Waals surface area contributed by atoms with E-state index in [-0.39, 0.29) is 30.1 Å². The Labute approximate surface area is 146 Å². The molecule has 0 spiro atoms. The maximum Gasteiger partial charge on any atom is 0.422 e. The van der Waals surface area contributed by atoms with Crippen molar-refractivity contribution in [2.24, 2.45) is 5.73 Å². The third-order valence-corrected chi connectivity index (χ3v) is 3.42. The van der Waals surface area contributed by atoms with Crippen LogP contribution < -0.4 is 15.8 Å². The van der Waals surface area contributed by atoms with Gasteiger partial charge < -0.3 is 15.8 Å². The molecule has 0 fully saturated rings. The number of carbonyl (C=O) groups excluding carboxylic acids is 1. The Hall–Kier alpha value is -1.47. The summed E-state index contributed by atoms with van der Waals surface area (Å²) >= 11 is 0. The van der Waals surface area contributed by atoms with Crippen LogP contribution in [-0.4, -0.2) is 24.2 Å². The standard InChI is InChI=1S/C16H23F3N2O2.ClH/c1-4-9-15(3,20)14(22)21-11(2)12-5-7-13(8-6-12)23-10-16(17,18)19;/h5-8,11H,4,9-10,20H2,1-3H3,(H,21,22);1H. The minimum Gasteiger partial charge on any atom is -0.484 e. The van der Waals surface area contributed by atoms with Crippen LogP contribution in [0.2, 0.25) is 0 Å². The first-order valence-corrected chi connectivity index (χ1v) is 7.44. The van der Waals surface area contributed by atoms with E-state index in [9.17, 15) is 18.0 Å². The molecule has 1 aromatic rings. The molecule has 0 aromatic heterocycles. The summed E-state index contributed by atoms with van der Waals surface area (Å²) in [6.07, 6.45) is -3.01. The smallest absolute Gasteiger partial charge is 0.422 e. The Morgan fingerprint density at radius 3 is 2.29 bits per heavy atom. The average Bonchev–Trinajstić information content (AvgIpc) is 2.44. The molecule has 138 valence electrons. The Balaban J connectivity index is 0.00000529. The summed E-state index contributed by atoms with van der Waals surface area (Å²) in [5.74, 6) is -0.136. The minimum absolute atomic E-state index is 0. The lowest BCUT2D eigenvalue weighted by atomic mass is 9.95. The van der Waals surface area contributed by atoms with E-state index < -0.39 is 18.3 Å². The summed E-state index contributed by atoms with van der Waals surface area (Å²) in [5, 5.41) is 2.81. The molecular weight excluding hydrogens is 345 g/mol.